The summed E-state index contributed by atoms with van der Waals surface area (Å²) in [6.45, 7) is 2.46. The highest BCUT2D eigenvalue weighted by atomic mass is 35.5. The van der Waals surface area contributed by atoms with Crippen LogP contribution in [0.1, 0.15) is 10.4 Å². The highest BCUT2D eigenvalue weighted by Crippen LogP contribution is 2.30. The number of para-hydroxylation sites is 1. The molecule has 3 aromatic rings. The second-order valence-electron chi connectivity index (χ2n) is 7.52. The van der Waals surface area contributed by atoms with Crippen LogP contribution in [0.5, 0.6) is 0 Å². The zero-order valence-corrected chi connectivity index (χ0v) is 19.0. The molecule has 1 heterocycles. The average molecular weight is 490 g/mol. The molecule has 0 spiro atoms. The maximum absolute atomic E-state index is 13.1. The van der Waals surface area contributed by atoms with E-state index < -0.39 is 21.8 Å². The minimum absolute atomic E-state index is 0.0134. The van der Waals surface area contributed by atoms with Crippen LogP contribution in [-0.2, 0) is 10.0 Å². The van der Waals surface area contributed by atoms with Crippen LogP contribution in [0, 0.1) is 5.82 Å². The molecule has 4 rings (SSSR count). The van der Waals surface area contributed by atoms with Gasteiger partial charge in [0.1, 0.15) is 5.82 Å². The number of nitrogens with zero attached hydrogens (tertiary/aromatic N) is 2. The van der Waals surface area contributed by atoms with Gasteiger partial charge in [0.15, 0.2) is 0 Å². The molecule has 0 saturated carbocycles. The molecule has 33 heavy (non-hydrogen) atoms. The number of halogens is 2. The van der Waals surface area contributed by atoms with E-state index >= 15 is 0 Å². The maximum Gasteiger partial charge on any atom is 0.337 e. The van der Waals surface area contributed by atoms with Gasteiger partial charge in [-0.05, 0) is 54.6 Å². The summed E-state index contributed by atoms with van der Waals surface area (Å²) in [7, 11) is -3.99. The molecule has 10 heteroatoms. The van der Waals surface area contributed by atoms with Gasteiger partial charge in [0.2, 0.25) is 0 Å². The minimum Gasteiger partial charge on any atom is -0.478 e. The Labute approximate surface area is 196 Å². The molecule has 0 atom stereocenters. The summed E-state index contributed by atoms with van der Waals surface area (Å²) in [6.07, 6.45) is 0. The Balaban J connectivity index is 1.53. The van der Waals surface area contributed by atoms with Gasteiger partial charge in [0, 0.05) is 31.9 Å². The smallest absolute Gasteiger partial charge is 0.337 e. The van der Waals surface area contributed by atoms with Crippen molar-refractivity contribution in [2.75, 3.05) is 40.7 Å². The first-order valence-electron chi connectivity index (χ1n) is 10.1. The van der Waals surface area contributed by atoms with Crippen molar-refractivity contribution in [2.45, 2.75) is 4.90 Å². The van der Waals surface area contributed by atoms with E-state index in [1.807, 2.05) is 29.2 Å². The van der Waals surface area contributed by atoms with Crippen LogP contribution in [0.25, 0.3) is 0 Å². The highest BCUT2D eigenvalue weighted by Gasteiger charge is 2.24. The number of benzene rings is 3. The van der Waals surface area contributed by atoms with Crippen LogP contribution in [0.2, 0.25) is 5.02 Å². The molecule has 0 aliphatic carbocycles. The van der Waals surface area contributed by atoms with Gasteiger partial charge in [-0.2, -0.15) is 0 Å². The Morgan fingerprint density at radius 1 is 0.909 bits per heavy atom. The maximum atomic E-state index is 13.1. The number of anilines is 3. The van der Waals surface area contributed by atoms with E-state index in [1.165, 1.54) is 12.1 Å². The lowest BCUT2D eigenvalue weighted by molar-refractivity contribution is 0.0697. The molecule has 3 aromatic carbocycles. The third-order valence-electron chi connectivity index (χ3n) is 5.42. The Morgan fingerprint density at radius 3 is 2.12 bits per heavy atom. The number of piperazine rings is 1. The molecule has 0 amide bonds. The monoisotopic (exact) mass is 489 g/mol. The summed E-state index contributed by atoms with van der Waals surface area (Å²) in [5, 5.41) is 10.4. The third-order valence-corrected chi connectivity index (χ3v) is 7.13. The number of carboxylic acids is 1. The molecular formula is C23H21ClFN3O4S. The molecule has 0 bridgehead atoms. The minimum atomic E-state index is -3.99. The van der Waals surface area contributed by atoms with Gasteiger partial charge in [0.25, 0.3) is 10.0 Å². The van der Waals surface area contributed by atoms with E-state index in [4.69, 9.17) is 11.6 Å². The normalized spacial score (nSPS) is 14.2. The van der Waals surface area contributed by atoms with Crippen molar-refractivity contribution in [3.05, 3.63) is 83.1 Å². The number of rotatable bonds is 6. The zero-order chi connectivity index (χ0) is 23.6. The number of sulfonamides is 1. The van der Waals surface area contributed by atoms with Crippen LogP contribution in [-0.4, -0.2) is 45.7 Å². The molecule has 1 aliphatic rings. The number of nitrogens with one attached hydrogen (secondary N) is 1. The van der Waals surface area contributed by atoms with Crippen molar-refractivity contribution < 1.29 is 22.7 Å². The number of hydrogen-bond acceptors (Lipinski definition) is 5. The topological polar surface area (TPSA) is 89.9 Å². The Kier molecular flexibility index (Phi) is 6.44. The van der Waals surface area contributed by atoms with E-state index in [1.54, 1.807) is 6.07 Å². The summed E-state index contributed by atoms with van der Waals surface area (Å²) in [5.74, 6) is -1.72. The van der Waals surface area contributed by atoms with E-state index in [-0.39, 0.29) is 16.1 Å². The zero-order valence-electron chi connectivity index (χ0n) is 17.4. The largest absolute Gasteiger partial charge is 0.478 e. The molecule has 0 aromatic heterocycles. The lowest BCUT2D eigenvalue weighted by atomic mass is 10.1. The molecule has 1 aliphatic heterocycles. The number of aromatic carboxylic acids is 1. The van der Waals surface area contributed by atoms with Crippen molar-refractivity contribution in [3.8, 4) is 0 Å². The lowest BCUT2D eigenvalue weighted by Gasteiger charge is -2.38. The van der Waals surface area contributed by atoms with E-state index in [0.717, 1.165) is 30.0 Å². The summed E-state index contributed by atoms with van der Waals surface area (Å²) in [5.41, 5.74) is 1.53. The van der Waals surface area contributed by atoms with Crippen molar-refractivity contribution in [2.24, 2.45) is 0 Å². The van der Waals surface area contributed by atoms with Gasteiger partial charge in [-0.3, -0.25) is 4.72 Å². The SMILES string of the molecule is O=C(O)c1cc(NS(=O)(=O)c2ccc(F)cc2)ccc1N1CCN(c2ccccc2Cl)CC1. The molecule has 1 fully saturated rings. The summed E-state index contributed by atoms with van der Waals surface area (Å²) in [6, 6.07) is 16.3. The molecule has 0 radical (unpaired) electrons. The average Bonchev–Trinajstić information content (AvgIpc) is 2.79. The first-order valence-corrected chi connectivity index (χ1v) is 12.0. The number of carbonyl (C=O) groups is 1. The van der Waals surface area contributed by atoms with Crippen LogP contribution in [0.3, 0.4) is 0 Å². The van der Waals surface area contributed by atoms with Gasteiger partial charge in [-0.15, -0.1) is 0 Å². The first-order chi connectivity index (χ1) is 15.7. The summed E-state index contributed by atoms with van der Waals surface area (Å²) >= 11 is 6.29. The predicted octanol–water partition coefficient (Wildman–Crippen LogP) is 4.30. The van der Waals surface area contributed by atoms with Crippen molar-refractivity contribution in [3.63, 3.8) is 0 Å². The van der Waals surface area contributed by atoms with Gasteiger partial charge < -0.3 is 14.9 Å². The van der Waals surface area contributed by atoms with E-state index in [0.29, 0.717) is 36.9 Å². The molecular weight excluding hydrogens is 469 g/mol. The third kappa shape index (κ3) is 5.04. The molecule has 2 N–H and O–H groups in total. The fourth-order valence-electron chi connectivity index (χ4n) is 3.77. The molecule has 7 nitrogen and oxygen atoms in total. The summed E-state index contributed by atoms with van der Waals surface area (Å²) in [4.78, 5) is 15.9. The molecule has 0 unspecified atom stereocenters. The lowest BCUT2D eigenvalue weighted by Crippen LogP contribution is -2.47. The van der Waals surface area contributed by atoms with Gasteiger partial charge in [-0.1, -0.05) is 23.7 Å². The van der Waals surface area contributed by atoms with Crippen molar-refractivity contribution in [1.82, 2.24) is 0 Å². The van der Waals surface area contributed by atoms with Gasteiger partial charge in [0.05, 0.1) is 26.9 Å². The van der Waals surface area contributed by atoms with Crippen LogP contribution >= 0.6 is 11.6 Å². The predicted molar refractivity (Wildman–Crippen MR) is 126 cm³/mol. The van der Waals surface area contributed by atoms with E-state index in [2.05, 4.69) is 9.62 Å². The van der Waals surface area contributed by atoms with Crippen LogP contribution in [0.15, 0.2) is 71.6 Å². The van der Waals surface area contributed by atoms with Gasteiger partial charge in [-0.25, -0.2) is 17.6 Å². The van der Waals surface area contributed by atoms with Crippen LogP contribution < -0.4 is 14.5 Å². The molecule has 172 valence electrons. The van der Waals surface area contributed by atoms with Crippen LogP contribution in [0.4, 0.5) is 21.5 Å². The second-order valence-corrected chi connectivity index (χ2v) is 9.61. The highest BCUT2D eigenvalue weighted by molar-refractivity contribution is 7.92. The number of hydrogen-bond donors (Lipinski definition) is 2. The Bertz CT molecular complexity index is 1280. The van der Waals surface area contributed by atoms with Crippen molar-refractivity contribution in [1.29, 1.82) is 0 Å². The number of carboxylic acid groups (broad SMARTS) is 1. The quantitative estimate of drug-likeness (QED) is 0.536. The Morgan fingerprint density at radius 2 is 1.52 bits per heavy atom. The Hall–Kier alpha value is -3.30. The fraction of sp³-hybridized carbons (Fsp3) is 0.174. The van der Waals surface area contributed by atoms with Gasteiger partial charge >= 0.3 is 5.97 Å². The molecule has 1 saturated heterocycles. The first kappa shape index (κ1) is 22.9. The fourth-order valence-corrected chi connectivity index (χ4v) is 5.08. The van der Waals surface area contributed by atoms with E-state index in [9.17, 15) is 22.7 Å². The standard InChI is InChI=1S/C23H21ClFN3O4S/c24-20-3-1-2-4-22(20)28-13-11-27(12-14-28)21-10-7-17(15-19(21)23(29)30)26-33(31,32)18-8-5-16(25)6-9-18/h1-10,15,26H,11-14H2,(H,29,30). The summed E-state index contributed by atoms with van der Waals surface area (Å²) < 4.78 is 40.6. The van der Waals surface area contributed by atoms with Crippen molar-refractivity contribution >= 4 is 44.7 Å². The second kappa shape index (κ2) is 9.29.